The molecule has 2 fully saturated rings. The molecule has 214 valence electrons. The third-order valence-corrected chi connectivity index (χ3v) is 9.31. The Morgan fingerprint density at radius 3 is 2.76 bits per heavy atom. The quantitative estimate of drug-likeness (QED) is 0.289. The lowest BCUT2D eigenvalue weighted by molar-refractivity contribution is 0.0767. The molecule has 1 N–H and O–H groups in total. The van der Waals surface area contributed by atoms with Crippen molar-refractivity contribution >= 4 is 38.1 Å². The Balaban J connectivity index is 1.08. The van der Waals surface area contributed by atoms with E-state index in [9.17, 15) is 17.6 Å². The number of thiazole rings is 1. The number of carbonyl (C=O) groups excluding carboxylic acids is 1. The molecule has 2 aliphatic rings. The van der Waals surface area contributed by atoms with Gasteiger partial charge < -0.3 is 14.2 Å². The Hall–Kier alpha value is -3.81. The fourth-order valence-corrected chi connectivity index (χ4v) is 6.82. The molecule has 1 amide bonds. The van der Waals surface area contributed by atoms with E-state index in [1.54, 1.807) is 29.0 Å². The van der Waals surface area contributed by atoms with Crippen LogP contribution in [0.25, 0.3) is 0 Å². The SMILES string of the molecule is CS(=O)(=O)N1CC(Oc2ccc(N3CCCC3c3csc(NC(=O)c4cccn4Cc4ccnc(F)c4)n3)cc2)C1. The van der Waals surface area contributed by atoms with Gasteiger partial charge in [0, 0.05) is 36.6 Å². The molecule has 6 rings (SSSR count). The first-order valence-electron chi connectivity index (χ1n) is 13.2. The molecule has 13 heteroatoms. The van der Waals surface area contributed by atoms with Crippen LogP contribution in [0.1, 0.15) is 40.6 Å². The Morgan fingerprint density at radius 2 is 2.00 bits per heavy atom. The van der Waals surface area contributed by atoms with E-state index >= 15 is 0 Å². The number of benzene rings is 1. The van der Waals surface area contributed by atoms with E-state index in [-0.39, 0.29) is 18.1 Å². The molecule has 2 aliphatic heterocycles. The number of aromatic nitrogens is 3. The molecule has 5 heterocycles. The third kappa shape index (κ3) is 6.11. The smallest absolute Gasteiger partial charge is 0.274 e. The largest absolute Gasteiger partial charge is 0.488 e. The zero-order valence-corrected chi connectivity index (χ0v) is 23.9. The molecule has 1 atom stereocenters. The second-order valence-corrected chi connectivity index (χ2v) is 13.0. The molecule has 3 aromatic heterocycles. The Bertz CT molecular complexity index is 1650. The van der Waals surface area contributed by atoms with Crippen LogP contribution in [0.15, 0.2) is 66.3 Å². The maximum Gasteiger partial charge on any atom is 0.274 e. The number of hydrogen-bond acceptors (Lipinski definition) is 8. The molecule has 0 saturated carbocycles. The fourth-order valence-electron chi connectivity index (χ4n) is 5.19. The Labute approximate surface area is 241 Å². The highest BCUT2D eigenvalue weighted by atomic mass is 32.2. The Kier molecular flexibility index (Phi) is 7.49. The van der Waals surface area contributed by atoms with Gasteiger partial charge in [-0.2, -0.15) is 8.70 Å². The van der Waals surface area contributed by atoms with Gasteiger partial charge in [0.25, 0.3) is 5.91 Å². The molecule has 1 aromatic carbocycles. The lowest BCUT2D eigenvalue weighted by Gasteiger charge is -2.37. The first-order valence-corrected chi connectivity index (χ1v) is 16.0. The summed E-state index contributed by atoms with van der Waals surface area (Å²) in [6.45, 7) is 1.97. The monoisotopic (exact) mass is 596 g/mol. The summed E-state index contributed by atoms with van der Waals surface area (Å²) in [6.07, 6.45) is 6.23. The summed E-state index contributed by atoms with van der Waals surface area (Å²) in [7, 11) is -3.17. The summed E-state index contributed by atoms with van der Waals surface area (Å²) in [5.74, 6) is -0.131. The highest BCUT2D eigenvalue weighted by molar-refractivity contribution is 7.88. The van der Waals surface area contributed by atoms with Gasteiger partial charge in [0.1, 0.15) is 17.5 Å². The summed E-state index contributed by atoms with van der Waals surface area (Å²) < 4.78 is 45.7. The number of rotatable bonds is 9. The Morgan fingerprint density at radius 1 is 1.20 bits per heavy atom. The number of halogens is 1. The number of pyridine rings is 1. The van der Waals surface area contributed by atoms with E-state index in [2.05, 4.69) is 15.2 Å². The lowest BCUT2D eigenvalue weighted by atomic mass is 10.1. The van der Waals surface area contributed by atoms with E-state index in [0.29, 0.717) is 41.8 Å². The van der Waals surface area contributed by atoms with Crippen molar-refractivity contribution in [3.05, 3.63) is 89.2 Å². The molecule has 0 bridgehead atoms. The number of sulfonamides is 1. The molecule has 0 spiro atoms. The van der Waals surface area contributed by atoms with Crippen molar-refractivity contribution < 1.29 is 22.3 Å². The van der Waals surface area contributed by atoms with E-state index in [1.807, 2.05) is 29.6 Å². The zero-order chi connectivity index (χ0) is 28.6. The van der Waals surface area contributed by atoms with E-state index in [4.69, 9.17) is 9.72 Å². The fraction of sp³-hybridized carbons (Fsp3) is 0.321. The molecular weight excluding hydrogens is 567 g/mol. The van der Waals surface area contributed by atoms with Crippen LogP contribution < -0.4 is 15.0 Å². The van der Waals surface area contributed by atoms with Crippen LogP contribution in [0.3, 0.4) is 0 Å². The topological polar surface area (TPSA) is 110 Å². The summed E-state index contributed by atoms with van der Waals surface area (Å²) in [5.41, 5.74) is 3.12. The number of nitrogens with zero attached hydrogens (tertiary/aromatic N) is 5. The zero-order valence-electron chi connectivity index (χ0n) is 22.3. The maximum atomic E-state index is 13.5. The van der Waals surface area contributed by atoms with E-state index < -0.39 is 16.0 Å². The molecule has 41 heavy (non-hydrogen) atoms. The van der Waals surface area contributed by atoms with Gasteiger partial charge in [0.15, 0.2) is 5.13 Å². The van der Waals surface area contributed by atoms with Crippen LogP contribution in [0, 0.1) is 5.95 Å². The van der Waals surface area contributed by atoms with Crippen LogP contribution in [0.5, 0.6) is 5.75 Å². The predicted octanol–water partition coefficient (Wildman–Crippen LogP) is 4.14. The van der Waals surface area contributed by atoms with Crippen LogP contribution in [-0.2, 0) is 16.6 Å². The standard InChI is InChI=1S/C28H29FN6O4S2/c1-41(37,38)34-16-22(17-34)39-21-8-6-20(7-9-21)35-13-3-4-24(35)23-18-40-28(31-23)32-27(36)25-5-2-12-33(25)15-19-10-11-30-26(29)14-19/h2,5-12,14,18,22,24H,3-4,13,15-17H2,1H3,(H,31,32,36). The normalized spacial score (nSPS) is 17.9. The first-order chi connectivity index (χ1) is 19.7. The number of anilines is 2. The minimum atomic E-state index is -3.17. The van der Waals surface area contributed by atoms with Crippen LogP contribution in [-0.4, -0.2) is 65.2 Å². The molecule has 0 radical (unpaired) electrons. The molecule has 10 nitrogen and oxygen atoms in total. The molecule has 2 saturated heterocycles. The number of carbonyl (C=O) groups is 1. The summed E-state index contributed by atoms with van der Waals surface area (Å²) in [4.78, 5) is 23.7. The van der Waals surface area contributed by atoms with Gasteiger partial charge in [-0.25, -0.2) is 18.4 Å². The second-order valence-electron chi connectivity index (χ2n) is 10.2. The van der Waals surface area contributed by atoms with Gasteiger partial charge in [-0.1, -0.05) is 0 Å². The molecule has 1 unspecified atom stereocenters. The highest BCUT2D eigenvalue weighted by Gasteiger charge is 2.35. The van der Waals surface area contributed by atoms with Gasteiger partial charge in [-0.3, -0.25) is 10.1 Å². The van der Waals surface area contributed by atoms with Crippen LogP contribution >= 0.6 is 11.3 Å². The summed E-state index contributed by atoms with van der Waals surface area (Å²) >= 11 is 1.39. The number of nitrogens with one attached hydrogen (secondary N) is 1. The van der Waals surface area contributed by atoms with Crippen molar-refractivity contribution in [1.29, 1.82) is 0 Å². The van der Waals surface area contributed by atoms with Gasteiger partial charge in [-0.15, -0.1) is 11.3 Å². The van der Waals surface area contributed by atoms with Crippen molar-refractivity contribution in [1.82, 2.24) is 18.8 Å². The molecular formula is C28H29FN6O4S2. The van der Waals surface area contributed by atoms with Gasteiger partial charge in [-0.05, 0) is 66.9 Å². The van der Waals surface area contributed by atoms with E-state index in [0.717, 1.165) is 30.8 Å². The number of ether oxygens (including phenoxy) is 1. The van der Waals surface area contributed by atoms with Crippen molar-refractivity contribution in [3.8, 4) is 5.75 Å². The minimum absolute atomic E-state index is 0.0871. The van der Waals surface area contributed by atoms with E-state index in [1.165, 1.54) is 34.2 Å². The second kappa shape index (κ2) is 11.2. The predicted molar refractivity (Wildman–Crippen MR) is 154 cm³/mol. The number of hydrogen-bond donors (Lipinski definition) is 1. The van der Waals surface area contributed by atoms with Gasteiger partial charge in [0.2, 0.25) is 16.0 Å². The minimum Gasteiger partial charge on any atom is -0.488 e. The van der Waals surface area contributed by atoms with Crippen LogP contribution in [0.4, 0.5) is 15.2 Å². The maximum absolute atomic E-state index is 13.5. The average Bonchev–Trinajstić information content (AvgIpc) is 3.67. The highest BCUT2D eigenvalue weighted by Crippen LogP contribution is 2.38. The van der Waals surface area contributed by atoms with Crippen molar-refractivity contribution in [2.24, 2.45) is 0 Å². The lowest BCUT2D eigenvalue weighted by Crippen LogP contribution is -2.55. The summed E-state index contributed by atoms with van der Waals surface area (Å²) in [5, 5.41) is 5.42. The first kappa shape index (κ1) is 27.4. The van der Waals surface area contributed by atoms with Crippen molar-refractivity contribution in [3.63, 3.8) is 0 Å². The van der Waals surface area contributed by atoms with Gasteiger partial charge >= 0.3 is 0 Å². The van der Waals surface area contributed by atoms with Crippen molar-refractivity contribution in [2.45, 2.75) is 31.5 Å². The third-order valence-electron chi connectivity index (χ3n) is 7.30. The van der Waals surface area contributed by atoms with Crippen molar-refractivity contribution in [2.75, 3.05) is 36.1 Å². The molecule has 4 aromatic rings. The van der Waals surface area contributed by atoms with Crippen LogP contribution in [0.2, 0.25) is 0 Å². The summed E-state index contributed by atoms with van der Waals surface area (Å²) in [6, 6.07) is 14.5. The average molecular weight is 597 g/mol. The molecule has 0 aliphatic carbocycles. The number of amides is 1. The van der Waals surface area contributed by atoms with Gasteiger partial charge in [0.05, 0.1) is 31.1 Å².